The number of para-hydroxylation sites is 1. The van der Waals surface area contributed by atoms with Gasteiger partial charge in [0.15, 0.2) is 0 Å². The van der Waals surface area contributed by atoms with Gasteiger partial charge in [-0.3, -0.25) is 0 Å². The van der Waals surface area contributed by atoms with E-state index in [1.807, 2.05) is 19.9 Å². The summed E-state index contributed by atoms with van der Waals surface area (Å²) < 4.78 is 9.75. The minimum atomic E-state index is -0.648. The van der Waals surface area contributed by atoms with Gasteiger partial charge in [-0.1, -0.05) is 52.3 Å². The quantitative estimate of drug-likeness (QED) is 0.582. The van der Waals surface area contributed by atoms with E-state index in [2.05, 4.69) is 13.8 Å². The van der Waals surface area contributed by atoms with Gasteiger partial charge in [-0.25, -0.2) is 4.79 Å². The maximum absolute atomic E-state index is 11.1. The molecule has 0 radical (unpaired) electrons. The van der Waals surface area contributed by atoms with E-state index in [9.17, 15) is 4.79 Å². The van der Waals surface area contributed by atoms with Gasteiger partial charge in [0.05, 0.1) is 6.61 Å². The molecule has 0 aromatic heterocycles. The van der Waals surface area contributed by atoms with E-state index in [0.29, 0.717) is 18.3 Å². The van der Waals surface area contributed by atoms with Gasteiger partial charge in [0.2, 0.25) is 0 Å². The average Bonchev–Trinajstić information content (AvgIpc) is 2.29. The zero-order valence-electron chi connectivity index (χ0n) is 11.1. The molecule has 0 spiro atoms. The molecule has 1 rings (SSSR count). The Hall–Kier alpha value is -1.51. The first-order valence-corrected chi connectivity index (χ1v) is 5.99. The Bertz CT molecular complexity index is 294. The third-order valence-electron chi connectivity index (χ3n) is 1.48. The van der Waals surface area contributed by atoms with Crippen molar-refractivity contribution in [1.29, 1.82) is 0 Å². The predicted octanol–water partition coefficient (Wildman–Crippen LogP) is 4.27. The molecule has 0 aliphatic rings. The largest absolute Gasteiger partial charge is 0.513 e. The maximum Gasteiger partial charge on any atom is 0.513 e. The molecule has 17 heavy (non-hydrogen) atoms. The molecule has 3 heteroatoms. The zero-order valence-corrected chi connectivity index (χ0v) is 11.1. The Morgan fingerprint density at radius 3 is 2.18 bits per heavy atom. The topological polar surface area (TPSA) is 35.5 Å². The van der Waals surface area contributed by atoms with Gasteiger partial charge < -0.3 is 9.47 Å². The Kier molecular flexibility index (Phi) is 8.84. The Morgan fingerprint density at radius 2 is 1.71 bits per heavy atom. The second-order valence-corrected chi connectivity index (χ2v) is 4.08. The molecular formula is C14H22O3. The van der Waals surface area contributed by atoms with Crippen molar-refractivity contribution in [1.82, 2.24) is 0 Å². The van der Waals surface area contributed by atoms with Gasteiger partial charge in [-0.05, 0) is 18.1 Å². The monoisotopic (exact) mass is 238 g/mol. The van der Waals surface area contributed by atoms with Crippen LogP contribution in [0, 0.1) is 5.92 Å². The first-order chi connectivity index (χ1) is 8.10. The summed E-state index contributed by atoms with van der Waals surface area (Å²) in [6, 6.07) is 8.86. The summed E-state index contributed by atoms with van der Waals surface area (Å²) in [5.41, 5.74) is 0. The summed E-state index contributed by atoms with van der Waals surface area (Å²) >= 11 is 0. The van der Waals surface area contributed by atoms with Crippen LogP contribution in [0.4, 0.5) is 4.79 Å². The smallest absolute Gasteiger partial charge is 0.434 e. The number of carbonyl (C=O) groups is 1. The van der Waals surface area contributed by atoms with Crippen molar-refractivity contribution < 1.29 is 14.3 Å². The normalized spacial score (nSPS) is 9.24. The van der Waals surface area contributed by atoms with Crippen LogP contribution < -0.4 is 4.74 Å². The number of benzene rings is 1. The van der Waals surface area contributed by atoms with E-state index in [-0.39, 0.29) is 0 Å². The van der Waals surface area contributed by atoms with Gasteiger partial charge in [0.25, 0.3) is 0 Å². The zero-order chi connectivity index (χ0) is 13.1. The number of rotatable bonds is 3. The molecule has 0 aliphatic carbocycles. The van der Waals surface area contributed by atoms with E-state index < -0.39 is 6.16 Å². The van der Waals surface area contributed by atoms with E-state index in [4.69, 9.17) is 9.47 Å². The molecule has 0 heterocycles. The Labute approximate surface area is 104 Å². The fraction of sp³-hybridized carbons (Fsp3) is 0.500. The van der Waals surface area contributed by atoms with Crippen LogP contribution in [-0.4, -0.2) is 12.8 Å². The van der Waals surface area contributed by atoms with Crippen molar-refractivity contribution in [3.05, 3.63) is 30.3 Å². The summed E-state index contributed by atoms with van der Waals surface area (Å²) in [6.45, 7) is 8.57. The lowest BCUT2D eigenvalue weighted by atomic mass is 10.2. The van der Waals surface area contributed by atoms with Crippen LogP contribution in [0.25, 0.3) is 0 Å². The third kappa shape index (κ3) is 9.42. The van der Waals surface area contributed by atoms with Gasteiger partial charge >= 0.3 is 6.16 Å². The van der Waals surface area contributed by atoms with Crippen LogP contribution in [0.15, 0.2) is 30.3 Å². The minimum Gasteiger partial charge on any atom is -0.434 e. The van der Waals surface area contributed by atoms with Crippen molar-refractivity contribution in [3.8, 4) is 5.75 Å². The van der Waals surface area contributed by atoms with Gasteiger partial charge in [-0.2, -0.15) is 0 Å². The fourth-order valence-corrected chi connectivity index (χ4v) is 0.849. The lowest BCUT2D eigenvalue weighted by Gasteiger charge is -2.07. The molecule has 0 aliphatic heterocycles. The molecule has 0 saturated heterocycles. The van der Waals surface area contributed by atoms with Crippen LogP contribution in [0.3, 0.4) is 0 Å². The van der Waals surface area contributed by atoms with Gasteiger partial charge in [0, 0.05) is 0 Å². The molecular weight excluding hydrogens is 216 g/mol. The molecule has 0 amide bonds. The van der Waals surface area contributed by atoms with Crippen LogP contribution in [0.1, 0.15) is 34.1 Å². The first kappa shape index (κ1) is 15.5. The molecule has 1 aromatic rings. The number of ether oxygens (including phenoxy) is 2. The Balaban J connectivity index is 0.000000770. The first-order valence-electron chi connectivity index (χ1n) is 5.99. The second-order valence-electron chi connectivity index (χ2n) is 4.08. The van der Waals surface area contributed by atoms with Gasteiger partial charge in [0.1, 0.15) is 5.75 Å². The van der Waals surface area contributed by atoms with Gasteiger partial charge in [-0.15, -0.1) is 0 Å². The summed E-state index contributed by atoms with van der Waals surface area (Å²) in [4.78, 5) is 11.1. The van der Waals surface area contributed by atoms with E-state index in [1.54, 1.807) is 24.3 Å². The molecule has 0 bridgehead atoms. The summed E-state index contributed by atoms with van der Waals surface area (Å²) in [6.07, 6.45) is 0.602. The number of carbonyl (C=O) groups excluding carboxylic acids is 1. The molecule has 0 unspecified atom stereocenters. The molecule has 0 atom stereocenters. The number of hydrogen-bond donors (Lipinski definition) is 0. The van der Waals surface area contributed by atoms with Crippen molar-refractivity contribution in [3.63, 3.8) is 0 Å². The van der Waals surface area contributed by atoms with E-state index >= 15 is 0 Å². The predicted molar refractivity (Wildman–Crippen MR) is 69.2 cm³/mol. The highest BCUT2D eigenvalue weighted by Gasteiger charge is 2.05. The standard InChI is InChI=1S/C11H14O3.C3H8/c1-9(2)8-13-11(12)14-10-6-4-3-5-7-10;1-3-2/h3-7,9H,8H2,1-2H3;3H2,1-2H3. The third-order valence-corrected chi connectivity index (χ3v) is 1.48. The highest BCUT2D eigenvalue weighted by molar-refractivity contribution is 5.63. The molecule has 3 nitrogen and oxygen atoms in total. The second kappa shape index (κ2) is 9.70. The van der Waals surface area contributed by atoms with Crippen molar-refractivity contribution >= 4 is 6.16 Å². The highest BCUT2D eigenvalue weighted by atomic mass is 16.7. The maximum atomic E-state index is 11.1. The van der Waals surface area contributed by atoms with Crippen molar-refractivity contribution in [2.24, 2.45) is 5.92 Å². The van der Waals surface area contributed by atoms with Crippen LogP contribution in [-0.2, 0) is 4.74 Å². The average molecular weight is 238 g/mol. The molecule has 0 fully saturated rings. The summed E-state index contributed by atoms with van der Waals surface area (Å²) in [5, 5.41) is 0. The van der Waals surface area contributed by atoms with Crippen LogP contribution in [0.5, 0.6) is 5.75 Å². The van der Waals surface area contributed by atoms with E-state index in [1.165, 1.54) is 6.42 Å². The molecule has 96 valence electrons. The summed E-state index contributed by atoms with van der Waals surface area (Å²) in [7, 11) is 0. The lowest BCUT2D eigenvalue weighted by molar-refractivity contribution is 0.0886. The van der Waals surface area contributed by atoms with Crippen molar-refractivity contribution in [2.75, 3.05) is 6.61 Å². The van der Waals surface area contributed by atoms with Crippen LogP contribution in [0.2, 0.25) is 0 Å². The van der Waals surface area contributed by atoms with Crippen LogP contribution >= 0.6 is 0 Å². The lowest BCUT2D eigenvalue weighted by Crippen LogP contribution is -2.13. The fourth-order valence-electron chi connectivity index (χ4n) is 0.849. The molecule has 1 aromatic carbocycles. The SMILES string of the molecule is CC(C)COC(=O)Oc1ccccc1.CCC. The highest BCUT2D eigenvalue weighted by Crippen LogP contribution is 2.09. The minimum absolute atomic E-state index is 0.318. The van der Waals surface area contributed by atoms with E-state index in [0.717, 1.165) is 0 Å². The number of hydrogen-bond acceptors (Lipinski definition) is 3. The van der Waals surface area contributed by atoms with Crippen molar-refractivity contribution in [2.45, 2.75) is 34.1 Å². The molecule has 0 N–H and O–H groups in total. The summed E-state index contributed by atoms with van der Waals surface area (Å²) in [5.74, 6) is 0.819. The molecule has 0 saturated carbocycles. The Morgan fingerprint density at radius 1 is 1.18 bits per heavy atom.